The summed E-state index contributed by atoms with van der Waals surface area (Å²) in [6, 6.07) is 9.90. The van der Waals surface area contributed by atoms with E-state index in [2.05, 4.69) is 4.72 Å². The van der Waals surface area contributed by atoms with Gasteiger partial charge in [0.2, 0.25) is 0 Å². The number of rotatable bonds is 3. The molecule has 0 fully saturated rings. The molecule has 106 valence electrons. The van der Waals surface area contributed by atoms with E-state index in [1.807, 2.05) is 13.0 Å². The van der Waals surface area contributed by atoms with Crippen LogP contribution >= 0.6 is 11.6 Å². The summed E-state index contributed by atoms with van der Waals surface area (Å²) in [5, 5.41) is 0.263. The standard InChI is InChI=1S/C14H15ClN2O2S/c1-9-3-4-10(2)14(7-9)20(18,19)17-13-6-5-11(16)8-12(13)15/h3-8,17H,16H2,1-2H3. The minimum atomic E-state index is -3.68. The lowest BCUT2D eigenvalue weighted by Gasteiger charge is -2.12. The van der Waals surface area contributed by atoms with Crippen molar-refractivity contribution in [3.05, 3.63) is 52.5 Å². The molecule has 0 saturated heterocycles. The van der Waals surface area contributed by atoms with Crippen LogP contribution in [0.5, 0.6) is 0 Å². The molecule has 2 aromatic carbocycles. The Morgan fingerprint density at radius 2 is 1.80 bits per heavy atom. The van der Waals surface area contributed by atoms with Crippen LogP contribution in [0.4, 0.5) is 11.4 Å². The summed E-state index contributed by atoms with van der Waals surface area (Å²) in [6.45, 7) is 3.59. The summed E-state index contributed by atoms with van der Waals surface area (Å²) in [6.07, 6.45) is 0. The highest BCUT2D eigenvalue weighted by molar-refractivity contribution is 7.92. The van der Waals surface area contributed by atoms with Gasteiger partial charge in [0.1, 0.15) is 0 Å². The second-order valence-corrected chi connectivity index (χ2v) is 6.67. The molecular weight excluding hydrogens is 296 g/mol. The van der Waals surface area contributed by atoms with Crippen LogP contribution in [-0.4, -0.2) is 8.42 Å². The molecular formula is C14H15ClN2O2S. The summed E-state index contributed by atoms with van der Waals surface area (Å²) in [5.41, 5.74) is 7.92. The van der Waals surface area contributed by atoms with Gasteiger partial charge in [-0.15, -0.1) is 0 Å². The van der Waals surface area contributed by atoms with Crippen LogP contribution in [0, 0.1) is 13.8 Å². The number of hydrogen-bond acceptors (Lipinski definition) is 3. The van der Waals surface area contributed by atoms with E-state index >= 15 is 0 Å². The van der Waals surface area contributed by atoms with Crippen LogP contribution < -0.4 is 10.5 Å². The smallest absolute Gasteiger partial charge is 0.262 e. The van der Waals surface area contributed by atoms with Crippen molar-refractivity contribution in [2.75, 3.05) is 10.5 Å². The third kappa shape index (κ3) is 3.05. The highest BCUT2D eigenvalue weighted by atomic mass is 35.5. The minimum absolute atomic E-state index is 0.241. The third-order valence-electron chi connectivity index (χ3n) is 2.87. The number of hydrogen-bond donors (Lipinski definition) is 2. The Balaban J connectivity index is 2.43. The predicted molar refractivity (Wildman–Crippen MR) is 82.6 cm³/mol. The predicted octanol–water partition coefficient (Wildman–Crippen LogP) is 3.34. The van der Waals surface area contributed by atoms with E-state index in [1.165, 1.54) is 6.07 Å². The van der Waals surface area contributed by atoms with E-state index in [9.17, 15) is 8.42 Å². The maximum atomic E-state index is 12.4. The van der Waals surface area contributed by atoms with E-state index in [4.69, 9.17) is 17.3 Å². The number of benzene rings is 2. The summed E-state index contributed by atoms with van der Waals surface area (Å²) in [5.74, 6) is 0. The molecule has 0 atom stereocenters. The van der Waals surface area contributed by atoms with Gasteiger partial charge in [0.15, 0.2) is 0 Å². The van der Waals surface area contributed by atoms with Crippen molar-refractivity contribution in [1.29, 1.82) is 0 Å². The zero-order chi connectivity index (χ0) is 14.9. The van der Waals surface area contributed by atoms with Gasteiger partial charge >= 0.3 is 0 Å². The average molecular weight is 311 g/mol. The molecule has 0 aliphatic carbocycles. The molecule has 0 aliphatic heterocycles. The molecule has 3 N–H and O–H groups in total. The Hall–Kier alpha value is -1.72. The van der Waals surface area contributed by atoms with E-state index < -0.39 is 10.0 Å². The fourth-order valence-corrected chi connectivity index (χ4v) is 3.51. The first-order chi connectivity index (χ1) is 9.29. The Morgan fingerprint density at radius 3 is 2.45 bits per heavy atom. The number of nitrogens with one attached hydrogen (secondary N) is 1. The van der Waals surface area contributed by atoms with Gasteiger partial charge in [-0.25, -0.2) is 8.42 Å². The maximum Gasteiger partial charge on any atom is 0.262 e. The first-order valence-electron chi connectivity index (χ1n) is 5.95. The van der Waals surface area contributed by atoms with Gasteiger partial charge in [-0.1, -0.05) is 23.7 Å². The van der Waals surface area contributed by atoms with Gasteiger partial charge < -0.3 is 5.73 Å². The zero-order valence-electron chi connectivity index (χ0n) is 11.1. The number of anilines is 2. The van der Waals surface area contributed by atoms with Gasteiger partial charge in [-0.05, 0) is 49.2 Å². The fourth-order valence-electron chi connectivity index (χ4n) is 1.81. The summed E-state index contributed by atoms with van der Waals surface area (Å²) in [4.78, 5) is 0.241. The van der Waals surface area contributed by atoms with E-state index in [-0.39, 0.29) is 9.92 Å². The van der Waals surface area contributed by atoms with Crippen molar-refractivity contribution in [1.82, 2.24) is 0 Å². The second kappa shape index (κ2) is 5.34. The van der Waals surface area contributed by atoms with E-state index in [1.54, 1.807) is 31.2 Å². The minimum Gasteiger partial charge on any atom is -0.399 e. The molecule has 0 bridgehead atoms. The number of halogens is 1. The average Bonchev–Trinajstić information content (AvgIpc) is 2.35. The van der Waals surface area contributed by atoms with Crippen molar-refractivity contribution in [2.45, 2.75) is 18.7 Å². The quantitative estimate of drug-likeness (QED) is 0.854. The SMILES string of the molecule is Cc1ccc(C)c(S(=O)(=O)Nc2ccc(N)cc2Cl)c1. The van der Waals surface area contributed by atoms with E-state index in [0.29, 0.717) is 16.9 Å². The topological polar surface area (TPSA) is 72.2 Å². The Bertz CT molecular complexity index is 758. The lowest BCUT2D eigenvalue weighted by atomic mass is 10.2. The Morgan fingerprint density at radius 1 is 1.10 bits per heavy atom. The fraction of sp³-hybridized carbons (Fsp3) is 0.143. The monoisotopic (exact) mass is 310 g/mol. The Kier molecular flexibility index (Phi) is 3.92. The molecule has 4 nitrogen and oxygen atoms in total. The van der Waals surface area contributed by atoms with Crippen molar-refractivity contribution in [3.63, 3.8) is 0 Å². The molecule has 20 heavy (non-hydrogen) atoms. The van der Waals surface area contributed by atoms with Gasteiger partial charge in [0, 0.05) is 5.69 Å². The molecule has 0 unspecified atom stereocenters. The highest BCUT2D eigenvalue weighted by Crippen LogP contribution is 2.27. The van der Waals surface area contributed by atoms with Crippen LogP contribution in [-0.2, 0) is 10.0 Å². The zero-order valence-corrected chi connectivity index (χ0v) is 12.7. The molecule has 0 radical (unpaired) electrons. The van der Waals surface area contributed by atoms with Crippen LogP contribution in [0.25, 0.3) is 0 Å². The number of nitrogen functional groups attached to an aromatic ring is 1. The van der Waals surface area contributed by atoms with Crippen molar-refractivity contribution < 1.29 is 8.42 Å². The lowest BCUT2D eigenvalue weighted by Crippen LogP contribution is -2.14. The van der Waals surface area contributed by atoms with Crippen LogP contribution in [0.15, 0.2) is 41.3 Å². The third-order valence-corrected chi connectivity index (χ3v) is 4.69. The molecule has 6 heteroatoms. The molecule has 2 rings (SSSR count). The van der Waals surface area contributed by atoms with E-state index in [0.717, 1.165) is 5.56 Å². The number of sulfonamides is 1. The molecule has 0 amide bonds. The van der Waals surface area contributed by atoms with Gasteiger partial charge in [-0.2, -0.15) is 0 Å². The van der Waals surface area contributed by atoms with Gasteiger partial charge in [0.05, 0.1) is 15.6 Å². The first-order valence-corrected chi connectivity index (χ1v) is 7.81. The molecule has 0 spiro atoms. The van der Waals surface area contributed by atoms with Crippen LogP contribution in [0.2, 0.25) is 5.02 Å². The summed E-state index contributed by atoms with van der Waals surface area (Å²) in [7, 11) is -3.68. The second-order valence-electron chi connectivity index (χ2n) is 4.61. The molecule has 2 aromatic rings. The van der Waals surface area contributed by atoms with Crippen LogP contribution in [0.3, 0.4) is 0 Å². The van der Waals surface area contributed by atoms with Gasteiger partial charge in [-0.3, -0.25) is 4.72 Å². The molecule has 0 heterocycles. The summed E-state index contributed by atoms with van der Waals surface area (Å²) >= 11 is 5.99. The molecule has 0 aliphatic rings. The molecule has 0 aromatic heterocycles. The first kappa shape index (κ1) is 14.7. The summed E-state index contributed by atoms with van der Waals surface area (Å²) < 4.78 is 27.3. The van der Waals surface area contributed by atoms with Crippen molar-refractivity contribution >= 4 is 33.0 Å². The highest BCUT2D eigenvalue weighted by Gasteiger charge is 2.18. The normalized spacial score (nSPS) is 11.3. The Labute approximate surface area is 123 Å². The van der Waals surface area contributed by atoms with Gasteiger partial charge in [0.25, 0.3) is 10.0 Å². The largest absolute Gasteiger partial charge is 0.399 e. The lowest BCUT2D eigenvalue weighted by molar-refractivity contribution is 0.600. The van der Waals surface area contributed by atoms with Crippen molar-refractivity contribution in [3.8, 4) is 0 Å². The van der Waals surface area contributed by atoms with Crippen LogP contribution in [0.1, 0.15) is 11.1 Å². The number of aryl methyl sites for hydroxylation is 2. The van der Waals surface area contributed by atoms with Crippen molar-refractivity contribution in [2.24, 2.45) is 0 Å². The molecule has 0 saturated carbocycles. The number of nitrogens with two attached hydrogens (primary N) is 1. The maximum absolute atomic E-state index is 12.4.